The van der Waals surface area contributed by atoms with Crippen LogP contribution in [0, 0.1) is 11.6 Å². The van der Waals surface area contributed by atoms with Crippen molar-refractivity contribution in [3.63, 3.8) is 0 Å². The van der Waals surface area contributed by atoms with Crippen molar-refractivity contribution in [3.05, 3.63) is 29.8 Å². The van der Waals surface area contributed by atoms with Gasteiger partial charge in [-0.1, -0.05) is 0 Å². The molecular formula is C6H3F2IZn. The van der Waals surface area contributed by atoms with Gasteiger partial charge >= 0.3 is 76.1 Å². The van der Waals surface area contributed by atoms with Crippen LogP contribution in [0.1, 0.15) is 0 Å². The number of hydrogen-bond acceptors (Lipinski definition) is 0. The van der Waals surface area contributed by atoms with E-state index >= 15 is 0 Å². The van der Waals surface area contributed by atoms with Crippen LogP contribution in [-0.4, -0.2) is 0 Å². The summed E-state index contributed by atoms with van der Waals surface area (Å²) in [6.45, 7) is 0. The van der Waals surface area contributed by atoms with Gasteiger partial charge in [-0.15, -0.1) is 0 Å². The second kappa shape index (κ2) is 3.72. The minimum absolute atomic E-state index is 0.380. The zero-order chi connectivity index (χ0) is 7.56. The summed E-state index contributed by atoms with van der Waals surface area (Å²) in [5.41, 5.74) is 0. The Bertz CT molecular complexity index is 239. The Morgan fingerprint density at radius 2 is 2.00 bits per heavy atom. The second-order valence-electron chi connectivity index (χ2n) is 1.87. The zero-order valence-corrected chi connectivity index (χ0v) is 10.2. The van der Waals surface area contributed by atoms with Crippen molar-refractivity contribution in [1.82, 2.24) is 0 Å². The molecule has 0 aliphatic carbocycles. The van der Waals surface area contributed by atoms with Crippen LogP contribution in [-0.2, 0) is 13.6 Å². The van der Waals surface area contributed by atoms with Crippen molar-refractivity contribution in [2.75, 3.05) is 0 Å². The van der Waals surface area contributed by atoms with E-state index in [0.717, 1.165) is 10.2 Å². The maximum atomic E-state index is 12.7. The third kappa shape index (κ3) is 1.96. The van der Waals surface area contributed by atoms with E-state index < -0.39 is 19.4 Å². The molecule has 0 unspecified atom stereocenters. The first kappa shape index (κ1) is 8.53. The van der Waals surface area contributed by atoms with Crippen LogP contribution in [0.2, 0.25) is 0 Å². The summed E-state index contributed by atoms with van der Waals surface area (Å²) >= 11 is 1.31. The SMILES string of the molecule is Fc1cc[c]([Zn][I])c(F)c1. The van der Waals surface area contributed by atoms with Crippen molar-refractivity contribution in [3.8, 4) is 0 Å². The molecule has 0 spiro atoms. The van der Waals surface area contributed by atoms with Gasteiger partial charge in [0.25, 0.3) is 0 Å². The Morgan fingerprint density at radius 1 is 1.30 bits per heavy atom. The number of halogens is 3. The molecule has 0 aliphatic rings. The molecule has 0 bridgehead atoms. The first-order valence-corrected chi connectivity index (χ1v) is 13.3. The van der Waals surface area contributed by atoms with Crippen LogP contribution in [0.5, 0.6) is 0 Å². The molecule has 0 nitrogen and oxygen atoms in total. The van der Waals surface area contributed by atoms with Crippen LogP contribution in [0.25, 0.3) is 0 Å². The number of rotatable bonds is 1. The summed E-state index contributed by atoms with van der Waals surface area (Å²) in [7, 11) is 0. The van der Waals surface area contributed by atoms with E-state index in [-0.39, 0.29) is 5.82 Å². The summed E-state index contributed by atoms with van der Waals surface area (Å²) in [6.07, 6.45) is 0. The molecule has 0 aromatic heterocycles. The molecule has 1 aromatic rings. The van der Waals surface area contributed by atoms with Crippen molar-refractivity contribution in [1.29, 1.82) is 0 Å². The zero-order valence-electron chi connectivity index (χ0n) is 5.07. The Balaban J connectivity index is 3.07. The molecule has 0 atom stereocenters. The van der Waals surface area contributed by atoms with E-state index in [1.807, 2.05) is 0 Å². The first-order chi connectivity index (χ1) is 4.74. The third-order valence-corrected chi connectivity index (χ3v) is 7.24. The van der Waals surface area contributed by atoms with E-state index in [9.17, 15) is 8.78 Å². The fourth-order valence-electron chi connectivity index (χ4n) is 0.630. The number of hydrogen-bond donors (Lipinski definition) is 0. The minimum atomic E-state index is -0.910. The van der Waals surface area contributed by atoms with Gasteiger partial charge in [-0.2, -0.15) is 0 Å². The fourth-order valence-corrected chi connectivity index (χ4v) is 4.76. The molecule has 0 N–H and O–H groups in total. The Labute approximate surface area is 75.8 Å². The quantitative estimate of drug-likeness (QED) is 0.550. The molecule has 4 heteroatoms. The van der Waals surface area contributed by atoms with Crippen LogP contribution in [0.4, 0.5) is 8.78 Å². The molecule has 0 radical (unpaired) electrons. The van der Waals surface area contributed by atoms with Gasteiger partial charge in [0.05, 0.1) is 0 Å². The van der Waals surface area contributed by atoms with E-state index in [0.29, 0.717) is 0 Å². The average molecular weight is 305 g/mol. The molecule has 0 aliphatic heterocycles. The molecule has 0 saturated heterocycles. The summed E-state index contributed by atoms with van der Waals surface area (Å²) in [5, 5.41) is 0. The molecule has 0 saturated carbocycles. The number of benzene rings is 1. The van der Waals surface area contributed by atoms with Gasteiger partial charge in [0.2, 0.25) is 0 Å². The normalized spacial score (nSPS) is 9.10. The van der Waals surface area contributed by atoms with Crippen molar-refractivity contribution in [2.45, 2.75) is 0 Å². The average Bonchev–Trinajstić information content (AvgIpc) is 1.88. The van der Waals surface area contributed by atoms with Crippen LogP contribution in [0.3, 0.4) is 0 Å². The van der Waals surface area contributed by atoms with Gasteiger partial charge in [0.15, 0.2) is 0 Å². The molecule has 10 heavy (non-hydrogen) atoms. The Kier molecular flexibility index (Phi) is 3.17. The summed E-state index contributed by atoms with van der Waals surface area (Å²) in [5.74, 6) is -0.872. The predicted molar refractivity (Wildman–Crippen MR) is 40.0 cm³/mol. The van der Waals surface area contributed by atoms with Crippen LogP contribution < -0.4 is 4.16 Å². The molecule has 0 fully saturated rings. The second-order valence-corrected chi connectivity index (χ2v) is 7.99. The van der Waals surface area contributed by atoms with E-state index in [2.05, 4.69) is 19.8 Å². The van der Waals surface area contributed by atoms with Crippen LogP contribution in [0.15, 0.2) is 18.2 Å². The van der Waals surface area contributed by atoms with Crippen molar-refractivity contribution in [2.24, 2.45) is 0 Å². The molecule has 0 heterocycles. The standard InChI is InChI=1S/C6H3F2.HI.Zn/c7-5-2-1-3-6(8)4-5;;/h1-2,4H;1H;/q;;+1/p-1. The van der Waals surface area contributed by atoms with E-state index in [4.69, 9.17) is 0 Å². The monoisotopic (exact) mass is 304 g/mol. The molecule has 50 valence electrons. The van der Waals surface area contributed by atoms with Crippen molar-refractivity contribution >= 4 is 23.9 Å². The van der Waals surface area contributed by atoms with E-state index in [1.54, 1.807) is 0 Å². The fraction of sp³-hybridized carbons (Fsp3) is 0. The summed E-state index contributed by atoms with van der Waals surface area (Å²) in [6, 6.07) is 3.79. The maximum absolute atomic E-state index is 12.7. The Morgan fingerprint density at radius 3 is 2.50 bits per heavy atom. The summed E-state index contributed by atoms with van der Waals surface area (Å²) in [4.78, 5) is 0. The van der Waals surface area contributed by atoms with Gasteiger partial charge in [-0.05, 0) is 0 Å². The van der Waals surface area contributed by atoms with Gasteiger partial charge in [0.1, 0.15) is 0 Å². The topological polar surface area (TPSA) is 0 Å². The van der Waals surface area contributed by atoms with E-state index in [1.165, 1.54) is 12.1 Å². The van der Waals surface area contributed by atoms with Gasteiger partial charge in [-0.25, -0.2) is 0 Å². The predicted octanol–water partition coefficient (Wildman–Crippen LogP) is 2.02. The molecule has 0 amide bonds. The molecular weight excluding hydrogens is 302 g/mol. The third-order valence-electron chi connectivity index (χ3n) is 1.16. The Hall–Kier alpha value is 0.433. The first-order valence-electron chi connectivity index (χ1n) is 2.74. The molecule has 1 rings (SSSR count). The van der Waals surface area contributed by atoms with Gasteiger partial charge in [0, 0.05) is 0 Å². The van der Waals surface area contributed by atoms with Crippen molar-refractivity contribution < 1.29 is 22.4 Å². The van der Waals surface area contributed by atoms with Gasteiger partial charge < -0.3 is 0 Å². The summed E-state index contributed by atoms with van der Waals surface area (Å²) < 4.78 is 25.6. The molecule has 1 aromatic carbocycles. The van der Waals surface area contributed by atoms with Gasteiger partial charge in [-0.3, -0.25) is 0 Å². The van der Waals surface area contributed by atoms with Crippen LogP contribution >= 0.6 is 19.8 Å².